The Morgan fingerprint density at radius 2 is 1.48 bits per heavy atom. The molecule has 0 saturated heterocycles. The normalized spacial score (nSPS) is 12.5. The number of hydrogen-bond donors (Lipinski definition) is 3. The number of ether oxygens (including phenoxy) is 1. The second-order valence-electron chi connectivity index (χ2n) is 7.51. The Bertz CT molecular complexity index is 1070. The van der Waals surface area contributed by atoms with Crippen LogP contribution in [0.3, 0.4) is 0 Å². The molecule has 0 fully saturated rings. The average Bonchev–Trinajstić information content (AvgIpc) is 2.82. The molecular weight excluding hydrogens is 646 g/mol. The Morgan fingerprint density at radius 3 is 2.09 bits per heavy atom. The molecule has 0 bridgehead atoms. The number of nitrogens with one attached hydrogen (secondary N) is 2. The molecule has 0 spiro atoms. The third-order valence-electron chi connectivity index (χ3n) is 5.00. The maximum atomic E-state index is 13.1. The van der Waals surface area contributed by atoms with E-state index in [-0.39, 0.29) is 30.7 Å². The minimum absolute atomic E-state index is 0.108. The van der Waals surface area contributed by atoms with Crippen molar-refractivity contribution in [2.24, 2.45) is 0 Å². The third-order valence-corrected chi connectivity index (χ3v) is 6.64. The topological polar surface area (TPSA) is 87.7 Å². The first-order valence-corrected chi connectivity index (χ1v) is 12.5. The zero-order chi connectivity index (χ0) is 23.8. The summed E-state index contributed by atoms with van der Waals surface area (Å²) in [7, 11) is 0. The number of rotatable bonds is 8. The fourth-order valence-corrected chi connectivity index (χ4v) is 5.12. The summed E-state index contributed by atoms with van der Waals surface area (Å²) in [4.78, 5) is 25.7. The van der Waals surface area contributed by atoms with Crippen molar-refractivity contribution in [2.45, 2.75) is 32.0 Å². The van der Waals surface area contributed by atoms with Crippen molar-refractivity contribution in [3.05, 3.63) is 96.6 Å². The molecule has 0 aliphatic heterocycles. The Kier molecular flexibility index (Phi) is 9.36. The minimum Gasteiger partial charge on any atom is -0.506 e. The molecule has 0 aliphatic rings. The monoisotopic (exact) mass is 670 g/mol. The van der Waals surface area contributed by atoms with Gasteiger partial charge in [-0.25, -0.2) is 4.79 Å². The molecule has 0 aliphatic carbocycles. The van der Waals surface area contributed by atoms with Crippen LogP contribution in [-0.4, -0.2) is 23.1 Å². The molecule has 3 rings (SSSR count). The lowest BCUT2D eigenvalue weighted by Crippen LogP contribution is -2.48. The van der Waals surface area contributed by atoms with E-state index in [2.05, 4.69) is 10.6 Å². The molecule has 3 aromatic carbocycles. The van der Waals surface area contributed by atoms with Gasteiger partial charge >= 0.3 is 6.09 Å². The third kappa shape index (κ3) is 7.60. The van der Waals surface area contributed by atoms with Crippen molar-refractivity contribution in [2.75, 3.05) is 0 Å². The molecule has 8 heteroatoms. The molecule has 0 heterocycles. The van der Waals surface area contributed by atoms with Gasteiger partial charge in [-0.3, -0.25) is 4.79 Å². The second kappa shape index (κ2) is 12.2. The highest BCUT2D eigenvalue weighted by Gasteiger charge is 2.24. The lowest BCUT2D eigenvalue weighted by atomic mass is 10.0. The van der Waals surface area contributed by atoms with Crippen molar-refractivity contribution in [1.82, 2.24) is 10.6 Å². The smallest absolute Gasteiger partial charge is 0.408 e. The van der Waals surface area contributed by atoms with Gasteiger partial charge in [-0.2, -0.15) is 0 Å². The van der Waals surface area contributed by atoms with E-state index >= 15 is 0 Å². The van der Waals surface area contributed by atoms with Crippen molar-refractivity contribution >= 4 is 57.2 Å². The quantitative estimate of drug-likeness (QED) is 0.284. The highest BCUT2D eigenvalue weighted by molar-refractivity contribution is 14.1. The van der Waals surface area contributed by atoms with Crippen molar-refractivity contribution in [3.63, 3.8) is 0 Å². The summed E-state index contributed by atoms with van der Waals surface area (Å²) < 4.78 is 6.69. The molecule has 3 N–H and O–H groups in total. The molecule has 172 valence electrons. The SMILES string of the molecule is C[C@@H](NC(=O)[C@@H](Cc1cc(I)c(O)c(I)c1)NC(=O)OCc1ccccc1)c1ccccc1. The summed E-state index contributed by atoms with van der Waals surface area (Å²) in [5, 5.41) is 15.7. The number of aromatic hydroxyl groups is 1. The first kappa shape index (κ1) is 25.3. The van der Waals surface area contributed by atoms with Gasteiger partial charge in [0.05, 0.1) is 13.2 Å². The van der Waals surface area contributed by atoms with E-state index < -0.39 is 12.1 Å². The number of amides is 2. The lowest BCUT2D eigenvalue weighted by molar-refractivity contribution is -0.123. The van der Waals surface area contributed by atoms with E-state index in [0.29, 0.717) is 7.14 Å². The Labute approximate surface area is 220 Å². The van der Waals surface area contributed by atoms with Gasteiger partial charge in [0.2, 0.25) is 5.91 Å². The number of alkyl carbamates (subject to hydrolysis) is 1. The van der Waals surface area contributed by atoms with Gasteiger partial charge in [0.1, 0.15) is 18.4 Å². The van der Waals surface area contributed by atoms with Crippen LogP contribution in [-0.2, 0) is 22.6 Å². The lowest BCUT2D eigenvalue weighted by Gasteiger charge is -2.22. The number of halogens is 2. The van der Waals surface area contributed by atoms with Crippen molar-refractivity contribution in [1.29, 1.82) is 0 Å². The van der Waals surface area contributed by atoms with Crippen molar-refractivity contribution in [3.8, 4) is 5.75 Å². The predicted octanol–water partition coefficient (Wildman–Crippen LogP) is 5.32. The maximum absolute atomic E-state index is 13.1. The van der Waals surface area contributed by atoms with Crippen LogP contribution in [0.25, 0.3) is 0 Å². The summed E-state index contributed by atoms with van der Waals surface area (Å²) in [6.45, 7) is 2.00. The molecule has 0 aromatic heterocycles. The molecule has 2 amide bonds. The Morgan fingerprint density at radius 1 is 0.909 bits per heavy atom. The van der Waals surface area contributed by atoms with E-state index in [4.69, 9.17) is 4.74 Å². The van der Waals surface area contributed by atoms with Gasteiger partial charge in [0.15, 0.2) is 0 Å². The van der Waals surface area contributed by atoms with Gasteiger partial charge in [0.25, 0.3) is 0 Å². The van der Waals surface area contributed by atoms with E-state index in [1.165, 1.54) is 0 Å². The molecule has 0 unspecified atom stereocenters. The zero-order valence-corrected chi connectivity index (χ0v) is 22.2. The number of carbonyl (C=O) groups excluding carboxylic acids is 2. The second-order valence-corrected chi connectivity index (χ2v) is 9.84. The molecule has 0 radical (unpaired) electrons. The molecule has 33 heavy (non-hydrogen) atoms. The predicted molar refractivity (Wildman–Crippen MR) is 144 cm³/mol. The van der Waals surface area contributed by atoms with E-state index in [0.717, 1.165) is 16.7 Å². The van der Waals surface area contributed by atoms with Crippen LogP contribution >= 0.6 is 45.2 Å². The first-order chi connectivity index (χ1) is 15.8. The maximum Gasteiger partial charge on any atom is 0.408 e. The largest absolute Gasteiger partial charge is 0.506 e. The van der Waals surface area contributed by atoms with Crippen LogP contribution < -0.4 is 10.6 Å². The van der Waals surface area contributed by atoms with Gasteiger partial charge in [0, 0.05) is 6.42 Å². The zero-order valence-electron chi connectivity index (χ0n) is 17.9. The molecule has 0 saturated carbocycles. The van der Waals surface area contributed by atoms with Crippen LogP contribution in [0.15, 0.2) is 72.8 Å². The van der Waals surface area contributed by atoms with Crippen LogP contribution in [0.4, 0.5) is 4.79 Å². The van der Waals surface area contributed by atoms with E-state index in [9.17, 15) is 14.7 Å². The van der Waals surface area contributed by atoms with Gasteiger partial charge in [-0.1, -0.05) is 60.7 Å². The molecular formula is C25H24I2N2O4. The molecule has 6 nitrogen and oxygen atoms in total. The van der Waals surface area contributed by atoms with E-state index in [1.54, 1.807) is 12.1 Å². The highest BCUT2D eigenvalue weighted by atomic mass is 127. The van der Waals surface area contributed by atoms with Crippen LogP contribution in [0, 0.1) is 7.14 Å². The van der Waals surface area contributed by atoms with E-state index in [1.807, 2.05) is 113 Å². The fraction of sp³-hybridized carbons (Fsp3) is 0.200. The summed E-state index contributed by atoms with van der Waals surface area (Å²) in [5.74, 6) is -0.116. The standard InChI is InChI=1S/C25H24I2N2O4/c1-16(19-10-6-3-7-11-19)28-24(31)22(14-18-12-20(26)23(30)21(27)13-18)29-25(32)33-15-17-8-4-2-5-9-17/h2-13,16,22,30H,14-15H2,1H3,(H,28,31)(H,29,32)/t16-,22-/m1/s1. The summed E-state index contributed by atoms with van der Waals surface area (Å²) in [6.07, 6.45) is -0.422. The number of hydrogen-bond acceptors (Lipinski definition) is 4. The molecule has 2 atom stereocenters. The highest BCUT2D eigenvalue weighted by Crippen LogP contribution is 2.28. The number of benzene rings is 3. The first-order valence-electron chi connectivity index (χ1n) is 10.3. The minimum atomic E-state index is -0.851. The van der Waals surface area contributed by atoms with Crippen LogP contribution in [0.2, 0.25) is 0 Å². The average molecular weight is 670 g/mol. The summed E-state index contributed by atoms with van der Waals surface area (Å²) in [5.41, 5.74) is 2.64. The number of phenols is 1. The Balaban J connectivity index is 1.73. The number of carbonyl (C=O) groups is 2. The van der Waals surface area contributed by atoms with Gasteiger partial charge in [-0.05, 0) is 80.9 Å². The summed E-state index contributed by atoms with van der Waals surface area (Å²) in [6, 6.07) is 21.5. The van der Waals surface area contributed by atoms with Crippen LogP contribution in [0.1, 0.15) is 29.7 Å². The van der Waals surface area contributed by atoms with Gasteiger partial charge in [-0.15, -0.1) is 0 Å². The molecule has 3 aromatic rings. The fourth-order valence-electron chi connectivity index (χ4n) is 3.23. The Hall–Kier alpha value is -2.34. The van der Waals surface area contributed by atoms with Crippen LogP contribution in [0.5, 0.6) is 5.75 Å². The summed E-state index contributed by atoms with van der Waals surface area (Å²) >= 11 is 4.09. The van der Waals surface area contributed by atoms with Gasteiger partial charge < -0.3 is 20.5 Å². The van der Waals surface area contributed by atoms with Crippen molar-refractivity contribution < 1.29 is 19.4 Å². The number of phenolic OH excluding ortho intramolecular Hbond substituents is 1.